The van der Waals surface area contributed by atoms with Crippen molar-refractivity contribution in [2.75, 3.05) is 39.3 Å². The Kier molecular flexibility index (Phi) is 7.09. The quantitative estimate of drug-likeness (QED) is 0.686. The van der Waals surface area contributed by atoms with Crippen LogP contribution in [0.5, 0.6) is 0 Å². The first-order chi connectivity index (χ1) is 8.11. The summed E-state index contributed by atoms with van der Waals surface area (Å²) in [6.07, 6.45) is 2.68. The summed E-state index contributed by atoms with van der Waals surface area (Å²) in [7, 11) is 0. The Balaban J connectivity index is 2.09. The molecule has 0 amide bonds. The lowest BCUT2D eigenvalue weighted by Crippen LogP contribution is -2.44. The molecule has 1 heterocycles. The first kappa shape index (κ1) is 14.9. The van der Waals surface area contributed by atoms with Gasteiger partial charge in [0.15, 0.2) is 0 Å². The molecular weight excluding hydrogens is 210 g/mol. The molecule has 1 fully saturated rings. The number of piperazine rings is 1. The fraction of sp³-hybridized carbons (Fsp3) is 1.00. The van der Waals surface area contributed by atoms with Crippen LogP contribution in [0.1, 0.15) is 40.5 Å². The molecule has 0 bridgehead atoms. The molecule has 1 N–H and O–H groups in total. The van der Waals surface area contributed by atoms with E-state index in [4.69, 9.17) is 0 Å². The van der Waals surface area contributed by atoms with Crippen molar-refractivity contribution in [3.63, 3.8) is 0 Å². The van der Waals surface area contributed by atoms with Gasteiger partial charge in [0.2, 0.25) is 0 Å². The van der Waals surface area contributed by atoms with Crippen molar-refractivity contribution in [2.45, 2.75) is 52.6 Å². The van der Waals surface area contributed by atoms with Crippen LogP contribution in [0.15, 0.2) is 0 Å². The molecule has 0 unspecified atom stereocenters. The van der Waals surface area contributed by atoms with Gasteiger partial charge in [-0.3, -0.25) is 4.90 Å². The van der Waals surface area contributed by atoms with Gasteiger partial charge in [0.25, 0.3) is 0 Å². The van der Waals surface area contributed by atoms with E-state index in [1.807, 2.05) is 0 Å². The Labute approximate surface area is 108 Å². The molecule has 1 saturated heterocycles. The van der Waals surface area contributed by atoms with Crippen LogP contribution in [-0.2, 0) is 0 Å². The second-order valence-corrected chi connectivity index (χ2v) is 5.72. The van der Waals surface area contributed by atoms with Crippen LogP contribution < -0.4 is 5.32 Å². The second kappa shape index (κ2) is 8.06. The van der Waals surface area contributed by atoms with Crippen LogP contribution in [0.25, 0.3) is 0 Å². The maximum Gasteiger partial charge on any atom is 0.0107 e. The Morgan fingerprint density at radius 2 is 1.59 bits per heavy atom. The Morgan fingerprint density at radius 1 is 1.00 bits per heavy atom. The molecule has 1 rings (SSSR count). The number of hydrogen-bond acceptors (Lipinski definition) is 3. The monoisotopic (exact) mass is 241 g/mol. The minimum absolute atomic E-state index is 0.675. The van der Waals surface area contributed by atoms with Crippen LogP contribution in [0.3, 0.4) is 0 Å². The van der Waals surface area contributed by atoms with E-state index in [1.54, 1.807) is 0 Å². The molecule has 102 valence electrons. The number of hydrogen-bond donors (Lipinski definition) is 1. The highest BCUT2D eigenvalue weighted by Gasteiger charge is 2.13. The van der Waals surface area contributed by atoms with Crippen LogP contribution in [-0.4, -0.2) is 61.2 Å². The average molecular weight is 241 g/mol. The fourth-order valence-corrected chi connectivity index (χ4v) is 2.68. The number of rotatable bonds is 7. The van der Waals surface area contributed by atoms with Crippen LogP contribution in [0, 0.1) is 0 Å². The highest BCUT2D eigenvalue weighted by molar-refractivity contribution is 4.70. The van der Waals surface area contributed by atoms with Crippen molar-refractivity contribution in [1.82, 2.24) is 15.1 Å². The van der Waals surface area contributed by atoms with Crippen LogP contribution in [0.2, 0.25) is 0 Å². The Hall–Kier alpha value is -0.120. The Bertz CT molecular complexity index is 178. The summed E-state index contributed by atoms with van der Waals surface area (Å²) in [5, 5.41) is 3.40. The fourth-order valence-electron chi connectivity index (χ4n) is 2.68. The lowest BCUT2D eigenvalue weighted by atomic mass is 10.2. The van der Waals surface area contributed by atoms with Crippen molar-refractivity contribution >= 4 is 0 Å². The van der Waals surface area contributed by atoms with Crippen molar-refractivity contribution in [1.29, 1.82) is 0 Å². The van der Waals surface area contributed by atoms with Crippen LogP contribution >= 0.6 is 0 Å². The summed E-state index contributed by atoms with van der Waals surface area (Å²) in [6, 6.07) is 1.35. The summed E-state index contributed by atoms with van der Waals surface area (Å²) in [5.74, 6) is 0. The molecule has 0 atom stereocenters. The van der Waals surface area contributed by atoms with Crippen molar-refractivity contribution in [3.8, 4) is 0 Å². The summed E-state index contributed by atoms with van der Waals surface area (Å²) >= 11 is 0. The minimum Gasteiger partial charge on any atom is -0.314 e. The standard InChI is InChI=1S/C14H31N3/c1-13(2)17(14(3)4)10-6-5-9-16-11-7-15-8-12-16/h13-15H,5-12H2,1-4H3. The molecule has 0 aromatic rings. The van der Waals surface area contributed by atoms with E-state index in [0.29, 0.717) is 12.1 Å². The lowest BCUT2D eigenvalue weighted by Gasteiger charge is -2.31. The van der Waals surface area contributed by atoms with Gasteiger partial charge in [0, 0.05) is 38.3 Å². The lowest BCUT2D eigenvalue weighted by molar-refractivity contribution is 0.165. The molecule has 0 aromatic carbocycles. The Morgan fingerprint density at radius 3 is 2.12 bits per heavy atom. The molecule has 3 nitrogen and oxygen atoms in total. The number of nitrogens with zero attached hydrogens (tertiary/aromatic N) is 2. The predicted octanol–water partition coefficient (Wildman–Crippen LogP) is 1.79. The van der Waals surface area contributed by atoms with Gasteiger partial charge in [-0.1, -0.05) is 0 Å². The number of unbranched alkanes of at least 4 members (excludes halogenated alkanes) is 1. The van der Waals surface area contributed by atoms with E-state index >= 15 is 0 Å². The average Bonchev–Trinajstić information content (AvgIpc) is 2.29. The predicted molar refractivity (Wildman–Crippen MR) is 75.5 cm³/mol. The topological polar surface area (TPSA) is 18.5 Å². The van der Waals surface area contributed by atoms with Crippen LogP contribution in [0.4, 0.5) is 0 Å². The largest absolute Gasteiger partial charge is 0.314 e. The molecular formula is C14H31N3. The third kappa shape index (κ3) is 5.84. The van der Waals surface area contributed by atoms with E-state index in [1.165, 1.54) is 52.1 Å². The molecule has 17 heavy (non-hydrogen) atoms. The zero-order chi connectivity index (χ0) is 12.7. The highest BCUT2D eigenvalue weighted by atomic mass is 15.2. The smallest absolute Gasteiger partial charge is 0.0107 e. The van der Waals surface area contributed by atoms with Gasteiger partial charge in [0.05, 0.1) is 0 Å². The molecule has 1 aliphatic rings. The van der Waals surface area contributed by atoms with Gasteiger partial charge in [-0.2, -0.15) is 0 Å². The molecule has 0 aliphatic carbocycles. The summed E-state index contributed by atoms with van der Waals surface area (Å²) in [6.45, 7) is 16.6. The van der Waals surface area contributed by atoms with E-state index in [0.717, 1.165) is 0 Å². The molecule has 3 heteroatoms. The minimum atomic E-state index is 0.675. The second-order valence-electron chi connectivity index (χ2n) is 5.72. The molecule has 0 spiro atoms. The van der Waals surface area contributed by atoms with E-state index < -0.39 is 0 Å². The molecule has 0 radical (unpaired) electrons. The van der Waals surface area contributed by atoms with Crippen molar-refractivity contribution in [3.05, 3.63) is 0 Å². The highest BCUT2D eigenvalue weighted by Crippen LogP contribution is 2.07. The molecule has 0 saturated carbocycles. The summed E-state index contributed by atoms with van der Waals surface area (Å²) in [5.41, 5.74) is 0. The van der Waals surface area contributed by atoms with E-state index in [2.05, 4.69) is 42.8 Å². The SMILES string of the molecule is CC(C)N(CCCCN1CCNCC1)C(C)C. The molecule has 1 aliphatic heterocycles. The van der Waals surface area contributed by atoms with E-state index in [9.17, 15) is 0 Å². The van der Waals surface area contributed by atoms with Crippen molar-refractivity contribution in [2.24, 2.45) is 0 Å². The summed E-state index contributed by atoms with van der Waals surface area (Å²) < 4.78 is 0. The first-order valence-electron chi connectivity index (χ1n) is 7.30. The maximum absolute atomic E-state index is 3.40. The van der Waals surface area contributed by atoms with Gasteiger partial charge in [-0.05, 0) is 53.6 Å². The summed E-state index contributed by atoms with van der Waals surface area (Å²) in [4.78, 5) is 5.18. The van der Waals surface area contributed by atoms with Gasteiger partial charge >= 0.3 is 0 Å². The van der Waals surface area contributed by atoms with Gasteiger partial charge in [-0.25, -0.2) is 0 Å². The van der Waals surface area contributed by atoms with E-state index in [-0.39, 0.29) is 0 Å². The van der Waals surface area contributed by atoms with Crippen molar-refractivity contribution < 1.29 is 0 Å². The molecule has 0 aromatic heterocycles. The third-order valence-corrected chi connectivity index (χ3v) is 3.68. The zero-order valence-corrected chi connectivity index (χ0v) is 12.2. The normalized spacial score (nSPS) is 18.5. The van der Waals surface area contributed by atoms with Gasteiger partial charge < -0.3 is 10.2 Å². The van der Waals surface area contributed by atoms with Gasteiger partial charge in [-0.15, -0.1) is 0 Å². The third-order valence-electron chi connectivity index (χ3n) is 3.68. The first-order valence-corrected chi connectivity index (χ1v) is 7.30. The zero-order valence-electron chi connectivity index (χ0n) is 12.2. The maximum atomic E-state index is 3.40. The van der Waals surface area contributed by atoms with Gasteiger partial charge in [0.1, 0.15) is 0 Å². The number of nitrogens with one attached hydrogen (secondary N) is 1.